The molecule has 96 valence electrons. The number of nitrogens with one attached hydrogen (secondary N) is 1. The molecule has 5 heteroatoms. The highest BCUT2D eigenvalue weighted by Crippen LogP contribution is 2.29. The molecule has 0 radical (unpaired) electrons. The molecule has 0 spiro atoms. The zero-order chi connectivity index (χ0) is 12.3. The molecule has 1 aromatic rings. The first kappa shape index (κ1) is 12.9. The Morgan fingerprint density at radius 2 is 2.35 bits per heavy atom. The summed E-state index contributed by atoms with van der Waals surface area (Å²) in [5.41, 5.74) is 0. The van der Waals surface area contributed by atoms with Crippen molar-refractivity contribution in [2.24, 2.45) is 0 Å². The van der Waals surface area contributed by atoms with Crippen LogP contribution in [-0.2, 0) is 0 Å². The SMILES string of the molecule is CN1CC(NCC(F)F)CC(c2cccs2)C1. The number of alkyl halides is 2. The summed E-state index contributed by atoms with van der Waals surface area (Å²) in [6.45, 7) is 1.68. The Hall–Kier alpha value is -0.520. The molecule has 2 heterocycles. The molecule has 1 aliphatic rings. The second kappa shape index (κ2) is 5.89. The summed E-state index contributed by atoms with van der Waals surface area (Å²) in [4.78, 5) is 3.58. The number of piperidine rings is 1. The maximum Gasteiger partial charge on any atom is 0.250 e. The van der Waals surface area contributed by atoms with Crippen LogP contribution in [0.25, 0.3) is 0 Å². The minimum Gasteiger partial charge on any atom is -0.307 e. The fourth-order valence-electron chi connectivity index (χ4n) is 2.45. The van der Waals surface area contributed by atoms with Crippen molar-refractivity contribution >= 4 is 11.3 Å². The van der Waals surface area contributed by atoms with Crippen molar-refractivity contribution in [1.82, 2.24) is 10.2 Å². The lowest BCUT2D eigenvalue weighted by atomic mass is 9.93. The Morgan fingerprint density at radius 1 is 1.53 bits per heavy atom. The van der Waals surface area contributed by atoms with Crippen molar-refractivity contribution in [3.05, 3.63) is 22.4 Å². The molecule has 2 unspecified atom stereocenters. The Bertz CT molecular complexity index is 329. The molecule has 0 bridgehead atoms. The number of hydrogen-bond donors (Lipinski definition) is 1. The molecule has 1 aliphatic heterocycles. The van der Waals surface area contributed by atoms with Crippen LogP contribution in [0, 0.1) is 0 Å². The molecule has 2 rings (SSSR count). The Morgan fingerprint density at radius 3 is 3.00 bits per heavy atom. The highest BCUT2D eigenvalue weighted by molar-refractivity contribution is 7.10. The molecule has 17 heavy (non-hydrogen) atoms. The van der Waals surface area contributed by atoms with Crippen LogP contribution in [0.2, 0.25) is 0 Å². The van der Waals surface area contributed by atoms with Crippen LogP contribution in [-0.4, -0.2) is 44.0 Å². The largest absolute Gasteiger partial charge is 0.307 e. The van der Waals surface area contributed by atoms with Crippen LogP contribution in [0.15, 0.2) is 17.5 Å². The van der Waals surface area contributed by atoms with E-state index < -0.39 is 6.43 Å². The van der Waals surface area contributed by atoms with E-state index in [2.05, 4.69) is 34.8 Å². The van der Waals surface area contributed by atoms with E-state index in [1.807, 2.05) is 0 Å². The third-order valence-corrected chi connectivity index (χ3v) is 4.17. The third-order valence-electron chi connectivity index (χ3n) is 3.14. The van der Waals surface area contributed by atoms with Gasteiger partial charge in [-0.1, -0.05) is 6.07 Å². The molecule has 1 N–H and O–H groups in total. The van der Waals surface area contributed by atoms with Crippen LogP contribution in [0.1, 0.15) is 17.2 Å². The predicted molar refractivity (Wildman–Crippen MR) is 67.0 cm³/mol. The van der Waals surface area contributed by atoms with E-state index >= 15 is 0 Å². The van der Waals surface area contributed by atoms with Crippen molar-refractivity contribution in [3.63, 3.8) is 0 Å². The molecule has 0 aromatic carbocycles. The first-order valence-electron chi connectivity index (χ1n) is 5.88. The zero-order valence-electron chi connectivity index (χ0n) is 9.90. The van der Waals surface area contributed by atoms with Gasteiger partial charge in [-0.15, -0.1) is 11.3 Å². The molecule has 0 aliphatic carbocycles. The van der Waals surface area contributed by atoms with Crippen LogP contribution in [0.4, 0.5) is 8.78 Å². The average molecular weight is 260 g/mol. The highest BCUT2D eigenvalue weighted by Gasteiger charge is 2.27. The fraction of sp³-hybridized carbons (Fsp3) is 0.667. The van der Waals surface area contributed by atoms with Gasteiger partial charge in [-0.2, -0.15) is 0 Å². The highest BCUT2D eigenvalue weighted by atomic mass is 32.1. The summed E-state index contributed by atoms with van der Waals surface area (Å²) in [5, 5.41) is 5.03. The average Bonchev–Trinajstić information content (AvgIpc) is 2.79. The summed E-state index contributed by atoms with van der Waals surface area (Å²) in [6.07, 6.45) is -1.31. The van der Waals surface area contributed by atoms with Gasteiger partial charge in [0, 0.05) is 29.9 Å². The summed E-state index contributed by atoms with van der Waals surface area (Å²) >= 11 is 1.76. The van der Waals surface area contributed by atoms with Gasteiger partial charge in [0.05, 0.1) is 6.54 Å². The van der Waals surface area contributed by atoms with Gasteiger partial charge in [-0.3, -0.25) is 0 Å². The zero-order valence-corrected chi connectivity index (χ0v) is 10.7. The van der Waals surface area contributed by atoms with E-state index in [9.17, 15) is 8.78 Å². The lowest BCUT2D eigenvalue weighted by molar-refractivity contribution is 0.127. The van der Waals surface area contributed by atoms with Gasteiger partial charge in [0.25, 0.3) is 6.43 Å². The van der Waals surface area contributed by atoms with Crippen LogP contribution in [0.3, 0.4) is 0 Å². The second-order valence-electron chi connectivity index (χ2n) is 4.67. The fourth-order valence-corrected chi connectivity index (χ4v) is 3.29. The van der Waals surface area contributed by atoms with Crippen molar-refractivity contribution in [1.29, 1.82) is 0 Å². The van der Waals surface area contributed by atoms with Gasteiger partial charge in [0.1, 0.15) is 0 Å². The number of likely N-dealkylation sites (tertiary alicyclic amines) is 1. The van der Waals surface area contributed by atoms with Crippen molar-refractivity contribution < 1.29 is 8.78 Å². The summed E-state index contributed by atoms with van der Waals surface area (Å²) in [6, 6.07) is 4.37. The number of thiophene rings is 1. The summed E-state index contributed by atoms with van der Waals surface area (Å²) in [7, 11) is 2.05. The molecule has 0 saturated carbocycles. The quantitative estimate of drug-likeness (QED) is 0.894. The maximum atomic E-state index is 12.2. The lowest BCUT2D eigenvalue weighted by Crippen LogP contribution is -2.47. The third kappa shape index (κ3) is 3.72. The normalized spacial score (nSPS) is 26.6. The topological polar surface area (TPSA) is 15.3 Å². The number of nitrogens with zero attached hydrogens (tertiary/aromatic N) is 1. The van der Waals surface area contributed by atoms with E-state index in [1.54, 1.807) is 11.3 Å². The second-order valence-corrected chi connectivity index (χ2v) is 5.64. The van der Waals surface area contributed by atoms with Crippen molar-refractivity contribution in [2.75, 3.05) is 26.7 Å². The van der Waals surface area contributed by atoms with Gasteiger partial charge in [-0.25, -0.2) is 8.78 Å². The number of hydrogen-bond acceptors (Lipinski definition) is 3. The van der Waals surface area contributed by atoms with E-state index in [1.165, 1.54) is 4.88 Å². The molecular weight excluding hydrogens is 242 g/mol. The summed E-state index contributed by atoms with van der Waals surface area (Å²) in [5.74, 6) is 0.476. The molecule has 2 nitrogen and oxygen atoms in total. The Kier molecular flexibility index (Phi) is 4.48. The molecule has 1 saturated heterocycles. The maximum absolute atomic E-state index is 12.2. The van der Waals surface area contributed by atoms with Crippen LogP contribution < -0.4 is 5.32 Å². The minimum absolute atomic E-state index is 0.176. The van der Waals surface area contributed by atoms with Gasteiger partial charge < -0.3 is 10.2 Å². The number of halogens is 2. The first-order chi connectivity index (χ1) is 8.15. The molecule has 1 aromatic heterocycles. The standard InChI is InChI=1S/C12H18F2N2S/c1-16-7-9(11-3-2-4-17-11)5-10(8-16)15-6-12(13)14/h2-4,9-10,12,15H,5-8H2,1H3. The first-order valence-corrected chi connectivity index (χ1v) is 6.76. The molecule has 2 atom stereocenters. The van der Waals surface area contributed by atoms with Gasteiger partial charge >= 0.3 is 0 Å². The Labute approximate surface area is 105 Å². The van der Waals surface area contributed by atoms with Crippen molar-refractivity contribution in [2.45, 2.75) is 24.8 Å². The van der Waals surface area contributed by atoms with Crippen molar-refractivity contribution in [3.8, 4) is 0 Å². The summed E-state index contributed by atoms with van der Waals surface area (Å²) < 4.78 is 24.4. The molecule has 0 amide bonds. The van der Waals surface area contributed by atoms with E-state index in [4.69, 9.17) is 0 Å². The van der Waals surface area contributed by atoms with Gasteiger partial charge in [0.2, 0.25) is 0 Å². The predicted octanol–water partition coefficient (Wildman–Crippen LogP) is 2.39. The lowest BCUT2D eigenvalue weighted by Gasteiger charge is -2.35. The molecular formula is C12H18F2N2S. The molecule has 1 fully saturated rings. The smallest absolute Gasteiger partial charge is 0.250 e. The van der Waals surface area contributed by atoms with Crippen LogP contribution in [0.5, 0.6) is 0 Å². The van der Waals surface area contributed by atoms with E-state index in [-0.39, 0.29) is 12.6 Å². The van der Waals surface area contributed by atoms with E-state index in [0.29, 0.717) is 5.92 Å². The van der Waals surface area contributed by atoms with Crippen LogP contribution >= 0.6 is 11.3 Å². The number of rotatable bonds is 4. The monoisotopic (exact) mass is 260 g/mol. The van der Waals surface area contributed by atoms with E-state index in [0.717, 1.165) is 19.5 Å². The van der Waals surface area contributed by atoms with Gasteiger partial charge in [-0.05, 0) is 24.9 Å². The number of likely N-dealkylation sites (N-methyl/N-ethyl adjacent to an activating group) is 1. The minimum atomic E-state index is -2.26. The van der Waals surface area contributed by atoms with Gasteiger partial charge in [0.15, 0.2) is 0 Å². The Balaban J connectivity index is 1.92.